The van der Waals surface area contributed by atoms with E-state index in [1.165, 1.54) is 0 Å². The monoisotopic (exact) mass is 243 g/mol. The first-order valence-corrected chi connectivity index (χ1v) is 4.22. The van der Waals surface area contributed by atoms with Crippen molar-refractivity contribution in [1.29, 1.82) is 0 Å². The van der Waals surface area contributed by atoms with Gasteiger partial charge in [-0.15, -0.1) is 0 Å². The van der Waals surface area contributed by atoms with Gasteiger partial charge in [-0.05, 0) is 11.6 Å². The van der Waals surface area contributed by atoms with Gasteiger partial charge in [-0.1, -0.05) is 0 Å². The van der Waals surface area contributed by atoms with Crippen molar-refractivity contribution in [1.82, 2.24) is 9.97 Å². The Labute approximate surface area is 87.5 Å². The molecule has 0 amide bonds. The molecule has 3 nitrogen and oxygen atoms in total. The number of anilines is 1. The first-order chi connectivity index (χ1) is 6.95. The number of hydrogen-bond acceptors (Lipinski definition) is 3. The van der Waals surface area contributed by atoms with Crippen LogP contribution in [0.2, 0.25) is 5.28 Å². The number of halogens is 5. The predicted octanol–water partition coefficient (Wildman–Crippen LogP) is 2.53. The summed E-state index contributed by atoms with van der Waals surface area (Å²) in [6, 6.07) is 0. The molecule has 0 atom stereocenters. The van der Waals surface area contributed by atoms with E-state index < -0.39 is 24.2 Å². The summed E-state index contributed by atoms with van der Waals surface area (Å²) in [6.07, 6.45) is -4.04. The number of hydrogen-bond donors (Lipinski definition) is 1. The van der Waals surface area contributed by atoms with Crippen LogP contribution in [-0.2, 0) is 6.18 Å². The average Bonchev–Trinajstić information content (AvgIpc) is 2.12. The van der Waals surface area contributed by atoms with Crippen LogP contribution in [0.5, 0.6) is 0 Å². The number of aromatic nitrogens is 2. The van der Waals surface area contributed by atoms with Crippen molar-refractivity contribution in [2.24, 2.45) is 0 Å². The van der Waals surface area contributed by atoms with E-state index in [0.717, 1.165) is 0 Å². The van der Waals surface area contributed by atoms with Gasteiger partial charge in [0.05, 0.1) is 0 Å². The predicted molar refractivity (Wildman–Crippen MR) is 46.5 cm³/mol. The summed E-state index contributed by atoms with van der Waals surface area (Å²) in [6.45, 7) is -1.07. The molecule has 15 heavy (non-hydrogen) atoms. The van der Waals surface area contributed by atoms with Gasteiger partial charge in [-0.2, -0.15) is 13.2 Å². The van der Waals surface area contributed by atoms with Crippen molar-refractivity contribution in [3.05, 3.63) is 17.0 Å². The molecule has 1 N–H and O–H groups in total. The van der Waals surface area contributed by atoms with Crippen LogP contribution >= 0.6 is 11.6 Å². The second kappa shape index (κ2) is 4.61. The lowest BCUT2D eigenvalue weighted by atomic mass is 10.3. The normalized spacial score (nSPS) is 11.5. The maximum absolute atomic E-state index is 12.4. The van der Waals surface area contributed by atoms with Gasteiger partial charge in [-0.3, -0.25) is 0 Å². The van der Waals surface area contributed by atoms with Crippen molar-refractivity contribution < 1.29 is 17.6 Å². The van der Waals surface area contributed by atoms with Crippen LogP contribution in [-0.4, -0.2) is 23.2 Å². The summed E-state index contributed by atoms with van der Waals surface area (Å²) in [5.41, 5.74) is -1.07. The highest BCUT2D eigenvalue weighted by molar-refractivity contribution is 6.28. The van der Waals surface area contributed by atoms with Gasteiger partial charge >= 0.3 is 6.18 Å². The highest BCUT2D eigenvalue weighted by Crippen LogP contribution is 2.33. The molecule has 0 fully saturated rings. The van der Waals surface area contributed by atoms with Crippen LogP contribution in [0.25, 0.3) is 0 Å². The summed E-state index contributed by atoms with van der Waals surface area (Å²) >= 11 is 5.32. The van der Waals surface area contributed by atoms with E-state index >= 15 is 0 Å². The van der Waals surface area contributed by atoms with Crippen molar-refractivity contribution in [3.8, 4) is 0 Å². The topological polar surface area (TPSA) is 37.8 Å². The van der Waals surface area contributed by atoms with Crippen LogP contribution in [0.1, 0.15) is 5.56 Å². The highest BCUT2D eigenvalue weighted by atomic mass is 35.5. The summed E-state index contributed by atoms with van der Waals surface area (Å²) in [5.74, 6) is -0.514. The van der Waals surface area contributed by atoms with E-state index in [1.54, 1.807) is 0 Å². The zero-order chi connectivity index (χ0) is 11.5. The summed E-state index contributed by atoms with van der Waals surface area (Å²) in [7, 11) is 0. The molecule has 0 unspecified atom stereocenters. The van der Waals surface area contributed by atoms with Crippen molar-refractivity contribution in [2.45, 2.75) is 6.18 Å². The molecule has 0 spiro atoms. The van der Waals surface area contributed by atoms with E-state index in [2.05, 4.69) is 15.3 Å². The Morgan fingerprint density at radius 3 is 2.60 bits per heavy atom. The molecule has 0 saturated carbocycles. The van der Waals surface area contributed by atoms with E-state index in [1.807, 2.05) is 0 Å². The van der Waals surface area contributed by atoms with Gasteiger partial charge in [0.2, 0.25) is 5.28 Å². The smallest absolute Gasteiger partial charge is 0.367 e. The quantitative estimate of drug-likeness (QED) is 0.655. The van der Waals surface area contributed by atoms with E-state index in [9.17, 15) is 17.6 Å². The van der Waals surface area contributed by atoms with Gasteiger partial charge < -0.3 is 5.32 Å². The molecule has 0 aliphatic heterocycles. The lowest BCUT2D eigenvalue weighted by Gasteiger charge is -2.11. The Morgan fingerprint density at radius 1 is 1.40 bits per heavy atom. The molecule has 1 rings (SSSR count). The number of nitrogens with zero attached hydrogens (tertiary/aromatic N) is 2. The van der Waals surface area contributed by atoms with Crippen LogP contribution in [0.15, 0.2) is 6.20 Å². The van der Waals surface area contributed by atoms with Gasteiger partial charge in [0.15, 0.2) is 0 Å². The molecule has 0 aliphatic carbocycles. The van der Waals surface area contributed by atoms with Crippen LogP contribution in [0.3, 0.4) is 0 Å². The molecule has 0 radical (unpaired) electrons. The minimum atomic E-state index is -4.59. The van der Waals surface area contributed by atoms with Gasteiger partial charge in [-0.25, -0.2) is 14.4 Å². The Kier molecular flexibility index (Phi) is 3.67. The zero-order valence-electron chi connectivity index (χ0n) is 7.28. The molecule has 84 valence electrons. The van der Waals surface area contributed by atoms with Crippen molar-refractivity contribution in [3.63, 3.8) is 0 Å². The molecule has 0 saturated heterocycles. The molecule has 0 aromatic carbocycles. The SMILES string of the molecule is FCCNc1nc(Cl)ncc1C(F)(F)F. The molecule has 1 heterocycles. The molecule has 8 heteroatoms. The number of alkyl halides is 4. The Morgan fingerprint density at radius 2 is 2.07 bits per heavy atom. The van der Waals surface area contributed by atoms with Crippen LogP contribution < -0.4 is 5.32 Å². The second-order valence-electron chi connectivity index (χ2n) is 2.51. The standard InChI is InChI=1S/C7H6ClF4N3/c8-6-14-3-4(7(10,11)12)5(15-6)13-2-1-9/h3H,1-2H2,(H,13,14,15). The molecule has 1 aromatic rings. The zero-order valence-corrected chi connectivity index (χ0v) is 8.03. The summed E-state index contributed by atoms with van der Waals surface area (Å²) in [4.78, 5) is 6.55. The van der Waals surface area contributed by atoms with E-state index in [-0.39, 0.29) is 11.8 Å². The largest absolute Gasteiger partial charge is 0.421 e. The molecule has 0 bridgehead atoms. The minimum absolute atomic E-state index is 0.267. The summed E-state index contributed by atoms with van der Waals surface area (Å²) in [5, 5.41) is 1.85. The first kappa shape index (κ1) is 12.0. The van der Waals surface area contributed by atoms with E-state index in [0.29, 0.717) is 6.20 Å². The molecule has 1 aromatic heterocycles. The molecule has 0 aliphatic rings. The Bertz CT molecular complexity index is 341. The van der Waals surface area contributed by atoms with Crippen LogP contribution in [0, 0.1) is 0 Å². The average molecular weight is 244 g/mol. The summed E-state index contributed by atoms with van der Waals surface area (Å²) < 4.78 is 48.8. The third kappa shape index (κ3) is 3.19. The Balaban J connectivity index is 3.03. The lowest BCUT2D eigenvalue weighted by molar-refractivity contribution is -0.137. The first-order valence-electron chi connectivity index (χ1n) is 3.84. The fraction of sp³-hybridized carbons (Fsp3) is 0.429. The third-order valence-corrected chi connectivity index (χ3v) is 1.63. The van der Waals surface area contributed by atoms with Gasteiger partial charge in [0.25, 0.3) is 0 Å². The number of nitrogens with one attached hydrogen (secondary N) is 1. The van der Waals surface area contributed by atoms with Crippen molar-refractivity contribution in [2.75, 3.05) is 18.5 Å². The fourth-order valence-corrected chi connectivity index (χ4v) is 1.00. The maximum atomic E-state index is 12.4. The van der Waals surface area contributed by atoms with Crippen LogP contribution in [0.4, 0.5) is 23.4 Å². The maximum Gasteiger partial charge on any atom is 0.421 e. The third-order valence-electron chi connectivity index (χ3n) is 1.45. The fourth-order valence-electron chi connectivity index (χ4n) is 0.868. The second-order valence-corrected chi connectivity index (χ2v) is 2.85. The van der Waals surface area contributed by atoms with E-state index in [4.69, 9.17) is 11.6 Å². The Hall–Kier alpha value is -1.11. The van der Waals surface area contributed by atoms with Gasteiger partial charge in [0.1, 0.15) is 18.1 Å². The van der Waals surface area contributed by atoms with Crippen molar-refractivity contribution >= 4 is 17.4 Å². The number of rotatable bonds is 3. The minimum Gasteiger partial charge on any atom is -0.367 e. The molecular formula is C7H6ClF4N3. The van der Waals surface area contributed by atoms with Gasteiger partial charge in [0, 0.05) is 12.7 Å². The highest BCUT2D eigenvalue weighted by Gasteiger charge is 2.35. The molecular weight excluding hydrogens is 238 g/mol. The lowest BCUT2D eigenvalue weighted by Crippen LogP contribution is -2.14.